The molecule has 0 radical (unpaired) electrons. The number of ether oxygens (including phenoxy) is 3. The summed E-state index contributed by atoms with van der Waals surface area (Å²) in [6.45, 7) is 0. The van der Waals surface area contributed by atoms with Crippen LogP contribution in [0.3, 0.4) is 0 Å². The van der Waals surface area contributed by atoms with E-state index in [1.165, 1.54) is 26.5 Å². The first-order valence-electron chi connectivity index (χ1n) is 9.24. The number of rotatable bonds is 7. The molecule has 0 aliphatic carbocycles. The van der Waals surface area contributed by atoms with Crippen LogP contribution in [-0.4, -0.2) is 32.3 Å². The van der Waals surface area contributed by atoms with Crippen molar-refractivity contribution in [3.63, 3.8) is 0 Å². The van der Waals surface area contributed by atoms with Crippen LogP contribution in [0, 0.1) is 0 Å². The van der Waals surface area contributed by atoms with Gasteiger partial charge in [-0.25, -0.2) is 10.2 Å². The van der Waals surface area contributed by atoms with Crippen LogP contribution in [-0.2, 0) is 0 Å². The first kappa shape index (κ1) is 23.1. The van der Waals surface area contributed by atoms with E-state index in [0.717, 1.165) is 0 Å². The molecule has 0 aromatic heterocycles. The molecule has 3 aromatic carbocycles. The van der Waals surface area contributed by atoms with Gasteiger partial charge in [-0.1, -0.05) is 23.2 Å². The SMILES string of the molecule is COc1ccc(C(=O)Oc2c(Cl)cc(/C=N\NC(=O)c3ccc(Cl)cc3)cc2OC)cc1. The Kier molecular flexibility index (Phi) is 7.70. The highest BCUT2D eigenvalue weighted by molar-refractivity contribution is 6.32. The molecule has 3 rings (SSSR count). The Bertz CT molecular complexity index is 1150. The third-order valence-electron chi connectivity index (χ3n) is 4.26. The van der Waals surface area contributed by atoms with Crippen molar-refractivity contribution >= 4 is 41.3 Å². The van der Waals surface area contributed by atoms with Gasteiger partial charge in [0.05, 0.1) is 31.0 Å². The zero-order valence-electron chi connectivity index (χ0n) is 17.1. The van der Waals surface area contributed by atoms with Gasteiger partial charge in [-0.05, 0) is 66.2 Å². The van der Waals surface area contributed by atoms with Gasteiger partial charge in [-0.3, -0.25) is 4.79 Å². The van der Waals surface area contributed by atoms with Crippen molar-refractivity contribution in [1.82, 2.24) is 5.43 Å². The zero-order chi connectivity index (χ0) is 23.1. The summed E-state index contributed by atoms with van der Waals surface area (Å²) in [4.78, 5) is 24.6. The van der Waals surface area contributed by atoms with Crippen LogP contribution >= 0.6 is 23.2 Å². The average Bonchev–Trinajstić information content (AvgIpc) is 2.80. The van der Waals surface area contributed by atoms with Gasteiger partial charge in [-0.2, -0.15) is 5.10 Å². The van der Waals surface area contributed by atoms with Crippen LogP contribution < -0.4 is 19.6 Å². The molecule has 9 heteroatoms. The lowest BCUT2D eigenvalue weighted by Crippen LogP contribution is -2.17. The monoisotopic (exact) mass is 472 g/mol. The normalized spacial score (nSPS) is 10.6. The minimum Gasteiger partial charge on any atom is -0.497 e. The second-order valence-electron chi connectivity index (χ2n) is 6.36. The second kappa shape index (κ2) is 10.7. The number of methoxy groups -OCH3 is 2. The predicted octanol–water partition coefficient (Wildman–Crippen LogP) is 4.99. The van der Waals surface area contributed by atoms with E-state index in [9.17, 15) is 9.59 Å². The van der Waals surface area contributed by atoms with Gasteiger partial charge >= 0.3 is 5.97 Å². The molecule has 0 heterocycles. The summed E-state index contributed by atoms with van der Waals surface area (Å²) in [6.07, 6.45) is 1.39. The van der Waals surface area contributed by atoms with E-state index in [1.807, 2.05) is 0 Å². The molecule has 32 heavy (non-hydrogen) atoms. The Morgan fingerprint density at radius 2 is 1.56 bits per heavy atom. The van der Waals surface area contributed by atoms with Crippen molar-refractivity contribution in [3.8, 4) is 17.2 Å². The number of nitrogens with zero attached hydrogens (tertiary/aromatic N) is 1. The topological polar surface area (TPSA) is 86.2 Å². The Labute approximate surface area is 194 Å². The molecule has 0 unspecified atom stereocenters. The number of amides is 1. The molecule has 0 bridgehead atoms. The quantitative estimate of drug-likeness (QED) is 0.226. The van der Waals surface area contributed by atoms with Gasteiger partial charge in [0.1, 0.15) is 5.75 Å². The second-order valence-corrected chi connectivity index (χ2v) is 7.20. The number of hydrazone groups is 1. The Balaban J connectivity index is 1.72. The smallest absolute Gasteiger partial charge is 0.343 e. The number of carbonyl (C=O) groups is 2. The molecule has 0 aliphatic heterocycles. The van der Waals surface area contributed by atoms with Crippen molar-refractivity contribution < 1.29 is 23.8 Å². The third kappa shape index (κ3) is 5.78. The molecule has 0 atom stereocenters. The maximum Gasteiger partial charge on any atom is 0.343 e. The number of nitrogens with one attached hydrogen (secondary N) is 1. The largest absolute Gasteiger partial charge is 0.497 e. The van der Waals surface area contributed by atoms with Crippen molar-refractivity contribution in [2.45, 2.75) is 0 Å². The molecule has 0 spiro atoms. The summed E-state index contributed by atoms with van der Waals surface area (Å²) in [6, 6.07) is 15.9. The van der Waals surface area contributed by atoms with Gasteiger partial charge < -0.3 is 14.2 Å². The van der Waals surface area contributed by atoms with Crippen LogP contribution in [0.2, 0.25) is 10.0 Å². The number of esters is 1. The van der Waals surface area contributed by atoms with Gasteiger partial charge in [0.15, 0.2) is 11.5 Å². The molecule has 164 valence electrons. The van der Waals surface area contributed by atoms with Crippen molar-refractivity contribution in [2.75, 3.05) is 14.2 Å². The molecule has 0 fully saturated rings. The predicted molar refractivity (Wildman–Crippen MR) is 122 cm³/mol. The third-order valence-corrected chi connectivity index (χ3v) is 4.79. The maximum atomic E-state index is 12.5. The summed E-state index contributed by atoms with van der Waals surface area (Å²) in [7, 11) is 2.95. The first-order chi connectivity index (χ1) is 15.4. The van der Waals surface area contributed by atoms with Crippen molar-refractivity contribution in [3.05, 3.63) is 87.4 Å². The van der Waals surface area contributed by atoms with Gasteiger partial charge in [0.25, 0.3) is 5.91 Å². The number of hydrogen-bond donors (Lipinski definition) is 1. The summed E-state index contributed by atoms with van der Waals surface area (Å²) in [5, 5.41) is 4.58. The lowest BCUT2D eigenvalue weighted by molar-refractivity contribution is 0.0729. The van der Waals surface area contributed by atoms with Crippen LogP contribution in [0.15, 0.2) is 65.8 Å². The van der Waals surface area contributed by atoms with E-state index in [0.29, 0.717) is 27.5 Å². The fourth-order valence-corrected chi connectivity index (χ4v) is 3.01. The molecule has 1 amide bonds. The number of benzene rings is 3. The van der Waals surface area contributed by atoms with E-state index < -0.39 is 11.9 Å². The van der Waals surface area contributed by atoms with E-state index >= 15 is 0 Å². The van der Waals surface area contributed by atoms with E-state index in [-0.39, 0.29) is 16.5 Å². The fraction of sp³-hybridized carbons (Fsp3) is 0.0870. The Hall–Kier alpha value is -3.55. The fourth-order valence-electron chi connectivity index (χ4n) is 2.62. The number of carbonyl (C=O) groups excluding carboxylic acids is 2. The lowest BCUT2D eigenvalue weighted by atomic mass is 10.2. The summed E-state index contributed by atoms with van der Waals surface area (Å²) < 4.78 is 15.8. The van der Waals surface area contributed by atoms with Crippen LogP contribution in [0.5, 0.6) is 17.2 Å². The average molecular weight is 473 g/mol. The van der Waals surface area contributed by atoms with Gasteiger partial charge in [0, 0.05) is 10.6 Å². The minimum absolute atomic E-state index is 0.0670. The van der Waals surface area contributed by atoms with Gasteiger partial charge in [0.2, 0.25) is 0 Å². The molecule has 0 saturated heterocycles. The molecule has 0 saturated carbocycles. The van der Waals surface area contributed by atoms with Crippen LogP contribution in [0.4, 0.5) is 0 Å². The summed E-state index contributed by atoms with van der Waals surface area (Å²) >= 11 is 12.1. The number of hydrogen-bond acceptors (Lipinski definition) is 6. The maximum absolute atomic E-state index is 12.5. The summed E-state index contributed by atoms with van der Waals surface area (Å²) in [5.74, 6) is -0.100. The molecule has 7 nitrogen and oxygen atoms in total. The molecular weight excluding hydrogens is 455 g/mol. The van der Waals surface area contributed by atoms with Crippen LogP contribution in [0.1, 0.15) is 26.3 Å². The highest BCUT2D eigenvalue weighted by Gasteiger charge is 2.17. The lowest BCUT2D eigenvalue weighted by Gasteiger charge is -2.12. The Morgan fingerprint density at radius 3 is 2.19 bits per heavy atom. The highest BCUT2D eigenvalue weighted by Crippen LogP contribution is 2.36. The Morgan fingerprint density at radius 1 is 0.906 bits per heavy atom. The van der Waals surface area contributed by atoms with Crippen LogP contribution in [0.25, 0.3) is 0 Å². The number of halogens is 2. The molecule has 3 aromatic rings. The van der Waals surface area contributed by atoms with Gasteiger partial charge in [-0.15, -0.1) is 0 Å². The van der Waals surface area contributed by atoms with E-state index in [1.54, 1.807) is 54.6 Å². The molecule has 1 N–H and O–H groups in total. The first-order valence-corrected chi connectivity index (χ1v) is 9.99. The standard InChI is InChI=1S/C23H18Cl2N2O5/c1-30-18-9-5-16(6-10-18)23(29)32-21-19(25)11-14(12-20(21)31-2)13-26-27-22(28)15-3-7-17(24)8-4-15/h3-13H,1-2H3,(H,27,28)/b26-13-. The molecular formula is C23H18Cl2N2O5. The van der Waals surface area contributed by atoms with E-state index in [2.05, 4.69) is 10.5 Å². The highest BCUT2D eigenvalue weighted by atomic mass is 35.5. The van der Waals surface area contributed by atoms with E-state index in [4.69, 9.17) is 37.4 Å². The zero-order valence-corrected chi connectivity index (χ0v) is 18.6. The minimum atomic E-state index is -0.607. The molecule has 0 aliphatic rings. The summed E-state index contributed by atoms with van der Waals surface area (Å²) in [5.41, 5.74) is 3.65. The van der Waals surface area contributed by atoms with Crippen molar-refractivity contribution in [1.29, 1.82) is 0 Å². The van der Waals surface area contributed by atoms with Crippen molar-refractivity contribution in [2.24, 2.45) is 5.10 Å².